The van der Waals surface area contributed by atoms with E-state index in [-0.39, 0.29) is 46.7 Å². The fourth-order valence-corrected chi connectivity index (χ4v) is 2.80. The smallest absolute Gasteiger partial charge is 0.352 e. The van der Waals surface area contributed by atoms with Crippen LogP contribution in [-0.4, -0.2) is 37.4 Å². The van der Waals surface area contributed by atoms with Crippen LogP contribution < -0.4 is 9.47 Å². The van der Waals surface area contributed by atoms with Gasteiger partial charge < -0.3 is 18.9 Å². The van der Waals surface area contributed by atoms with E-state index in [4.69, 9.17) is 18.9 Å². The Morgan fingerprint density at radius 2 is 1.33 bits per heavy atom. The van der Waals surface area contributed by atoms with E-state index in [0.29, 0.717) is 0 Å². The summed E-state index contributed by atoms with van der Waals surface area (Å²) >= 11 is 0.976. The van der Waals surface area contributed by atoms with Crippen LogP contribution >= 0.6 is 11.3 Å². The first kappa shape index (κ1) is 15.6. The van der Waals surface area contributed by atoms with Gasteiger partial charge in [-0.15, -0.1) is 11.3 Å². The molecule has 116 valence electrons. The first-order valence-electron chi connectivity index (χ1n) is 6.83. The molecule has 0 aromatic carbocycles. The highest BCUT2D eigenvalue weighted by molar-refractivity contribution is 7.16. The Morgan fingerprint density at radius 3 is 1.67 bits per heavy atom. The number of esters is 2. The summed E-state index contributed by atoms with van der Waals surface area (Å²) in [6, 6.07) is 0. The number of rotatable bonds is 4. The third-order valence-electron chi connectivity index (χ3n) is 3.01. The number of hydrogen-bond donors (Lipinski definition) is 0. The second kappa shape index (κ2) is 6.34. The first-order valence-corrected chi connectivity index (χ1v) is 7.65. The van der Waals surface area contributed by atoms with Gasteiger partial charge in [0.1, 0.15) is 12.2 Å². The number of fused-ring (bicyclic) bond motifs is 1. The Bertz CT molecular complexity index is 503. The average Bonchev–Trinajstić information content (AvgIpc) is 2.78. The summed E-state index contributed by atoms with van der Waals surface area (Å²) in [5.74, 6) is -0.515. The van der Waals surface area contributed by atoms with Crippen LogP contribution in [0.5, 0.6) is 11.5 Å². The molecule has 0 saturated carbocycles. The molecule has 0 spiro atoms. The van der Waals surface area contributed by atoms with Crippen molar-refractivity contribution in [1.29, 1.82) is 0 Å². The molecular formula is C14H18O6S. The molecule has 0 bridgehead atoms. The molecule has 2 atom stereocenters. The van der Waals surface area contributed by atoms with Gasteiger partial charge in [0.25, 0.3) is 0 Å². The van der Waals surface area contributed by atoms with Gasteiger partial charge in [-0.05, 0) is 27.7 Å². The molecule has 2 unspecified atom stereocenters. The molecule has 1 aromatic heterocycles. The van der Waals surface area contributed by atoms with Gasteiger partial charge in [-0.2, -0.15) is 0 Å². The van der Waals surface area contributed by atoms with Crippen LogP contribution in [0.15, 0.2) is 0 Å². The third kappa shape index (κ3) is 2.97. The fraction of sp³-hybridized carbons (Fsp3) is 0.571. The van der Waals surface area contributed by atoms with E-state index in [2.05, 4.69) is 0 Å². The minimum absolute atomic E-state index is 0.227. The van der Waals surface area contributed by atoms with Crippen LogP contribution in [0, 0.1) is 0 Å². The highest BCUT2D eigenvalue weighted by atomic mass is 32.1. The Balaban J connectivity index is 2.46. The zero-order valence-electron chi connectivity index (χ0n) is 12.4. The maximum absolute atomic E-state index is 12.0. The summed E-state index contributed by atoms with van der Waals surface area (Å²) in [7, 11) is 0. The summed E-state index contributed by atoms with van der Waals surface area (Å²) in [4.78, 5) is 24.5. The number of thiophene rings is 1. The molecule has 7 heteroatoms. The van der Waals surface area contributed by atoms with Gasteiger partial charge in [0, 0.05) is 0 Å². The summed E-state index contributed by atoms with van der Waals surface area (Å²) in [6.07, 6.45) is -0.453. The van der Waals surface area contributed by atoms with Crippen LogP contribution in [-0.2, 0) is 9.47 Å². The number of ether oxygens (including phenoxy) is 4. The van der Waals surface area contributed by atoms with Crippen molar-refractivity contribution in [3.8, 4) is 11.5 Å². The van der Waals surface area contributed by atoms with E-state index in [1.54, 1.807) is 13.8 Å². The molecule has 6 nitrogen and oxygen atoms in total. The Kier molecular flexibility index (Phi) is 4.72. The molecule has 0 aliphatic carbocycles. The number of carbonyl (C=O) groups excluding carboxylic acids is 2. The van der Waals surface area contributed by atoms with Crippen LogP contribution in [0.25, 0.3) is 0 Å². The van der Waals surface area contributed by atoms with Gasteiger partial charge in [0.15, 0.2) is 21.3 Å². The first-order chi connectivity index (χ1) is 9.99. The lowest BCUT2D eigenvalue weighted by Crippen LogP contribution is -2.35. The standard InChI is InChI=1S/C14H18O6S/c1-5-17-13(15)11-9-10(20-8(4)7(3)19-9)12(21-11)14(16)18-6-2/h7-8H,5-6H2,1-4H3. The lowest BCUT2D eigenvalue weighted by Gasteiger charge is -2.28. The van der Waals surface area contributed by atoms with Gasteiger partial charge in [0.05, 0.1) is 13.2 Å². The average molecular weight is 314 g/mol. The van der Waals surface area contributed by atoms with E-state index in [1.807, 2.05) is 13.8 Å². The Hall–Kier alpha value is -1.76. The van der Waals surface area contributed by atoms with Crippen molar-refractivity contribution < 1.29 is 28.5 Å². The van der Waals surface area contributed by atoms with Gasteiger partial charge in [-0.25, -0.2) is 9.59 Å². The molecule has 2 heterocycles. The minimum atomic E-state index is -0.528. The van der Waals surface area contributed by atoms with Crippen molar-refractivity contribution in [2.24, 2.45) is 0 Å². The van der Waals surface area contributed by atoms with E-state index < -0.39 is 11.9 Å². The van der Waals surface area contributed by atoms with Crippen molar-refractivity contribution in [1.82, 2.24) is 0 Å². The van der Waals surface area contributed by atoms with Gasteiger partial charge in [-0.1, -0.05) is 0 Å². The molecule has 0 saturated heterocycles. The van der Waals surface area contributed by atoms with E-state index in [9.17, 15) is 9.59 Å². The maximum Gasteiger partial charge on any atom is 0.352 e. The lowest BCUT2D eigenvalue weighted by molar-refractivity contribution is 0.0346. The van der Waals surface area contributed by atoms with E-state index in [1.165, 1.54) is 0 Å². The molecule has 1 aromatic rings. The summed E-state index contributed by atoms with van der Waals surface area (Å²) in [5.41, 5.74) is 0. The van der Waals surface area contributed by atoms with Gasteiger partial charge in [-0.3, -0.25) is 0 Å². The molecule has 1 aliphatic heterocycles. The van der Waals surface area contributed by atoms with Crippen LogP contribution in [0.4, 0.5) is 0 Å². The van der Waals surface area contributed by atoms with Crippen molar-refractivity contribution >= 4 is 23.3 Å². The van der Waals surface area contributed by atoms with Crippen molar-refractivity contribution in [2.75, 3.05) is 13.2 Å². The second-order valence-corrected chi connectivity index (χ2v) is 5.53. The third-order valence-corrected chi connectivity index (χ3v) is 4.13. The second-order valence-electron chi connectivity index (χ2n) is 4.51. The Labute approximate surface area is 126 Å². The molecule has 0 amide bonds. The predicted octanol–water partition coefficient (Wildman–Crippen LogP) is 2.65. The molecule has 2 rings (SSSR count). The fourth-order valence-electron chi connectivity index (χ4n) is 1.84. The molecule has 0 radical (unpaired) electrons. The number of carbonyl (C=O) groups is 2. The van der Waals surface area contributed by atoms with Crippen LogP contribution in [0.2, 0.25) is 0 Å². The van der Waals surface area contributed by atoms with E-state index in [0.717, 1.165) is 11.3 Å². The topological polar surface area (TPSA) is 71.1 Å². The number of hydrogen-bond acceptors (Lipinski definition) is 7. The lowest BCUT2D eigenvalue weighted by atomic mass is 10.2. The summed E-state index contributed by atoms with van der Waals surface area (Å²) in [6.45, 7) is 7.59. The maximum atomic E-state index is 12.0. The molecule has 0 N–H and O–H groups in total. The van der Waals surface area contributed by atoms with Crippen molar-refractivity contribution in [3.05, 3.63) is 9.75 Å². The van der Waals surface area contributed by atoms with Crippen LogP contribution in [0.3, 0.4) is 0 Å². The summed E-state index contributed by atoms with van der Waals surface area (Å²) < 4.78 is 21.4. The minimum Gasteiger partial charge on any atom is -0.481 e. The highest BCUT2D eigenvalue weighted by Gasteiger charge is 2.37. The summed E-state index contributed by atoms with van der Waals surface area (Å²) in [5, 5.41) is 0. The zero-order chi connectivity index (χ0) is 15.6. The molecular weight excluding hydrogens is 296 g/mol. The quantitative estimate of drug-likeness (QED) is 0.796. The molecule has 0 fully saturated rings. The Morgan fingerprint density at radius 1 is 0.952 bits per heavy atom. The normalized spacial score (nSPS) is 20.0. The van der Waals surface area contributed by atoms with Gasteiger partial charge in [0.2, 0.25) is 0 Å². The molecule has 1 aliphatic rings. The largest absolute Gasteiger partial charge is 0.481 e. The monoisotopic (exact) mass is 314 g/mol. The van der Waals surface area contributed by atoms with Crippen molar-refractivity contribution in [3.63, 3.8) is 0 Å². The SMILES string of the molecule is CCOC(=O)c1sc(C(=O)OCC)c2c1OC(C)C(C)O2. The van der Waals surface area contributed by atoms with E-state index >= 15 is 0 Å². The van der Waals surface area contributed by atoms with Crippen LogP contribution in [0.1, 0.15) is 47.0 Å². The zero-order valence-corrected chi connectivity index (χ0v) is 13.2. The predicted molar refractivity (Wildman–Crippen MR) is 76.4 cm³/mol. The van der Waals surface area contributed by atoms with Crippen molar-refractivity contribution in [2.45, 2.75) is 39.9 Å². The van der Waals surface area contributed by atoms with Gasteiger partial charge >= 0.3 is 11.9 Å². The highest BCUT2D eigenvalue weighted by Crippen LogP contribution is 2.46. The molecule has 21 heavy (non-hydrogen) atoms.